The molecular weight excluding hydrogens is 472 g/mol. The summed E-state index contributed by atoms with van der Waals surface area (Å²) >= 11 is 2.35. The van der Waals surface area contributed by atoms with Gasteiger partial charge in [-0.25, -0.2) is 24.4 Å². The molecule has 1 unspecified atom stereocenters. The SMILES string of the molecule is CCCC1=C(Cn2ccnc2-c2ncccc2F)N=CN(/N=C(\N)CC)C1I. The van der Waals surface area contributed by atoms with Crippen LogP contribution in [0.4, 0.5) is 4.39 Å². The minimum absolute atomic E-state index is 0.0220. The third-order valence-electron chi connectivity index (χ3n) is 4.35. The maximum Gasteiger partial charge on any atom is 0.162 e. The summed E-state index contributed by atoms with van der Waals surface area (Å²) in [5, 5.41) is 6.23. The highest BCUT2D eigenvalue weighted by atomic mass is 127. The second kappa shape index (κ2) is 9.26. The van der Waals surface area contributed by atoms with Crippen LogP contribution in [0.3, 0.4) is 0 Å². The first kappa shape index (κ1) is 20.4. The van der Waals surface area contributed by atoms with E-state index in [2.05, 4.69) is 49.6 Å². The average molecular weight is 495 g/mol. The van der Waals surface area contributed by atoms with Crippen molar-refractivity contribution in [1.82, 2.24) is 19.5 Å². The van der Waals surface area contributed by atoms with Crippen LogP contribution in [0.15, 0.2) is 52.1 Å². The highest BCUT2D eigenvalue weighted by Crippen LogP contribution is 2.30. The lowest BCUT2D eigenvalue weighted by Gasteiger charge is -2.29. The number of pyridine rings is 1. The van der Waals surface area contributed by atoms with Gasteiger partial charge in [0.1, 0.15) is 21.9 Å². The molecule has 1 aliphatic rings. The van der Waals surface area contributed by atoms with Gasteiger partial charge in [0.2, 0.25) is 0 Å². The number of halogens is 2. The van der Waals surface area contributed by atoms with Crippen LogP contribution in [0.5, 0.6) is 0 Å². The standard InChI is InChI=1S/C19H23FIN7/c1-3-6-13-15(25-12-28(18(13)21)26-16(22)4-2)11-27-10-9-24-19(27)17-14(20)7-5-8-23-17/h5,7-10,12,18H,3-4,6,11H2,1-2H3,(H2,22,26). The summed E-state index contributed by atoms with van der Waals surface area (Å²) in [6, 6.07) is 2.95. The molecule has 9 heteroatoms. The Labute approximate surface area is 177 Å². The first-order chi connectivity index (χ1) is 13.5. The third kappa shape index (κ3) is 4.40. The Hall–Kier alpha value is -2.30. The summed E-state index contributed by atoms with van der Waals surface area (Å²) in [4.78, 5) is 13.1. The lowest BCUT2D eigenvalue weighted by Crippen LogP contribution is -2.33. The number of amidine groups is 1. The Morgan fingerprint density at radius 1 is 1.32 bits per heavy atom. The van der Waals surface area contributed by atoms with Crippen LogP contribution in [0.1, 0.15) is 33.1 Å². The summed E-state index contributed by atoms with van der Waals surface area (Å²) in [6.45, 7) is 4.58. The molecule has 148 valence electrons. The predicted octanol–water partition coefficient (Wildman–Crippen LogP) is 3.93. The number of imidazole rings is 1. The number of aliphatic imine (C=N–C) groups is 1. The van der Waals surface area contributed by atoms with Crippen LogP contribution in [-0.2, 0) is 6.54 Å². The van der Waals surface area contributed by atoms with Crippen LogP contribution in [0.25, 0.3) is 11.5 Å². The molecule has 7 nitrogen and oxygen atoms in total. The zero-order valence-corrected chi connectivity index (χ0v) is 18.0. The Bertz CT molecular complexity index is 919. The molecule has 0 aromatic carbocycles. The summed E-state index contributed by atoms with van der Waals surface area (Å²) in [7, 11) is 0. The Kier molecular flexibility index (Phi) is 6.76. The van der Waals surface area contributed by atoms with Gasteiger partial charge < -0.3 is 10.3 Å². The zero-order valence-electron chi connectivity index (χ0n) is 15.9. The first-order valence-corrected chi connectivity index (χ1v) is 10.4. The quantitative estimate of drug-likeness (QED) is 0.208. The van der Waals surface area contributed by atoms with E-state index in [4.69, 9.17) is 5.73 Å². The first-order valence-electron chi connectivity index (χ1n) is 9.18. The van der Waals surface area contributed by atoms with Crippen molar-refractivity contribution in [2.75, 3.05) is 0 Å². The van der Waals surface area contributed by atoms with Gasteiger partial charge in [0.05, 0.1) is 12.2 Å². The molecule has 2 N–H and O–H groups in total. The molecular formula is C19H23FIN7. The van der Waals surface area contributed by atoms with Crippen molar-refractivity contribution in [2.45, 2.75) is 43.7 Å². The zero-order chi connectivity index (χ0) is 20.1. The van der Waals surface area contributed by atoms with E-state index in [-0.39, 0.29) is 9.74 Å². The van der Waals surface area contributed by atoms with Crippen LogP contribution in [-0.4, -0.2) is 35.8 Å². The summed E-state index contributed by atoms with van der Waals surface area (Å²) in [6.07, 6.45) is 9.29. The van der Waals surface area contributed by atoms with Gasteiger partial charge in [-0.3, -0.25) is 0 Å². The second-order valence-corrected chi connectivity index (χ2v) is 7.52. The van der Waals surface area contributed by atoms with Crippen molar-refractivity contribution in [1.29, 1.82) is 0 Å². The third-order valence-corrected chi connectivity index (χ3v) is 5.68. The Morgan fingerprint density at radius 2 is 2.14 bits per heavy atom. The lowest BCUT2D eigenvalue weighted by atomic mass is 10.1. The molecule has 2 aromatic heterocycles. The molecule has 2 aromatic rings. The summed E-state index contributed by atoms with van der Waals surface area (Å²) < 4.78 is 16.1. The molecule has 0 radical (unpaired) electrons. The average Bonchev–Trinajstić information content (AvgIpc) is 3.15. The van der Waals surface area contributed by atoms with Gasteiger partial charge in [0, 0.05) is 25.0 Å². The van der Waals surface area contributed by atoms with Crippen LogP contribution >= 0.6 is 22.6 Å². The topological polar surface area (TPSA) is 84.7 Å². The lowest BCUT2D eigenvalue weighted by molar-refractivity contribution is 0.454. The number of nitrogens with two attached hydrogens (primary N) is 1. The number of nitrogens with zero attached hydrogens (tertiary/aromatic N) is 6. The fourth-order valence-electron chi connectivity index (χ4n) is 2.90. The van der Waals surface area contributed by atoms with Gasteiger partial charge in [0.15, 0.2) is 11.6 Å². The Morgan fingerprint density at radius 3 is 2.86 bits per heavy atom. The normalized spacial score (nSPS) is 17.5. The molecule has 0 saturated heterocycles. The summed E-state index contributed by atoms with van der Waals surface area (Å²) in [5.41, 5.74) is 8.24. The second-order valence-electron chi connectivity index (χ2n) is 6.34. The molecule has 1 atom stereocenters. The molecule has 0 bridgehead atoms. The van der Waals surface area contributed by atoms with Crippen molar-refractivity contribution in [3.63, 3.8) is 0 Å². The number of allylic oxidation sites excluding steroid dienone is 1. The minimum Gasteiger partial charge on any atom is -0.386 e. The van der Waals surface area contributed by atoms with E-state index in [1.807, 2.05) is 17.7 Å². The van der Waals surface area contributed by atoms with Crippen molar-refractivity contribution < 1.29 is 4.39 Å². The van der Waals surface area contributed by atoms with Crippen molar-refractivity contribution in [3.05, 3.63) is 47.8 Å². The monoisotopic (exact) mass is 495 g/mol. The van der Waals surface area contributed by atoms with Crippen LogP contribution < -0.4 is 5.73 Å². The van der Waals surface area contributed by atoms with Gasteiger partial charge >= 0.3 is 0 Å². The Balaban J connectivity index is 1.93. The number of hydrogen-bond acceptors (Lipinski definition) is 5. The van der Waals surface area contributed by atoms with E-state index in [0.29, 0.717) is 24.6 Å². The minimum atomic E-state index is -0.396. The van der Waals surface area contributed by atoms with E-state index < -0.39 is 5.82 Å². The van der Waals surface area contributed by atoms with E-state index in [1.165, 1.54) is 11.6 Å². The van der Waals surface area contributed by atoms with Crippen LogP contribution in [0.2, 0.25) is 0 Å². The van der Waals surface area contributed by atoms with Crippen molar-refractivity contribution >= 4 is 34.8 Å². The van der Waals surface area contributed by atoms with Crippen molar-refractivity contribution in [2.24, 2.45) is 15.8 Å². The van der Waals surface area contributed by atoms with E-state index in [9.17, 15) is 4.39 Å². The molecule has 0 amide bonds. The number of aromatic nitrogens is 3. The predicted molar refractivity (Wildman–Crippen MR) is 117 cm³/mol. The van der Waals surface area contributed by atoms with Crippen molar-refractivity contribution in [3.8, 4) is 11.5 Å². The molecule has 3 rings (SSSR count). The maximum absolute atomic E-state index is 14.2. The fourth-order valence-corrected chi connectivity index (χ4v) is 3.84. The van der Waals surface area contributed by atoms with Gasteiger partial charge in [-0.1, -0.05) is 42.9 Å². The molecule has 28 heavy (non-hydrogen) atoms. The van der Waals surface area contributed by atoms with Gasteiger partial charge in [-0.2, -0.15) is 5.10 Å². The molecule has 3 heterocycles. The maximum atomic E-state index is 14.2. The molecule has 0 spiro atoms. The highest BCUT2D eigenvalue weighted by Gasteiger charge is 2.25. The molecule has 0 saturated carbocycles. The van der Waals surface area contributed by atoms with E-state index >= 15 is 0 Å². The summed E-state index contributed by atoms with van der Waals surface area (Å²) in [5.74, 6) is 0.652. The van der Waals surface area contributed by atoms with Gasteiger partial charge in [-0.15, -0.1) is 0 Å². The smallest absolute Gasteiger partial charge is 0.162 e. The molecule has 1 aliphatic heterocycles. The highest BCUT2D eigenvalue weighted by molar-refractivity contribution is 14.1. The van der Waals surface area contributed by atoms with Gasteiger partial charge in [-0.05, 0) is 24.1 Å². The number of alkyl halides is 1. The number of rotatable bonds is 7. The van der Waals surface area contributed by atoms with E-state index in [0.717, 1.165) is 18.5 Å². The van der Waals surface area contributed by atoms with Crippen LogP contribution in [0, 0.1) is 5.82 Å². The van der Waals surface area contributed by atoms with Gasteiger partial charge in [0.25, 0.3) is 0 Å². The molecule has 0 fully saturated rings. The fraction of sp³-hybridized carbons (Fsp3) is 0.368. The number of hydrazone groups is 1. The largest absolute Gasteiger partial charge is 0.386 e. The number of hydrogen-bond donors (Lipinski definition) is 1. The molecule has 0 aliphatic carbocycles. The van der Waals surface area contributed by atoms with E-state index in [1.54, 1.807) is 29.8 Å².